The zero-order chi connectivity index (χ0) is 15.0. The molecule has 2 heterocycles. The van der Waals surface area contributed by atoms with Crippen LogP contribution in [-0.4, -0.2) is 10.2 Å². The minimum atomic E-state index is -0.347. The van der Waals surface area contributed by atoms with Gasteiger partial charge in [0.2, 0.25) is 0 Å². The Bertz CT molecular complexity index is 684. The minimum absolute atomic E-state index is 0.131. The molecule has 0 saturated heterocycles. The molecule has 0 aliphatic carbocycles. The van der Waals surface area contributed by atoms with E-state index in [9.17, 15) is 10.1 Å². The summed E-state index contributed by atoms with van der Waals surface area (Å²) in [4.78, 5) is 10.6. The number of thiophene rings is 1. The Morgan fingerprint density at radius 1 is 1.38 bits per heavy atom. The van der Waals surface area contributed by atoms with Gasteiger partial charge >= 0.3 is 0 Å². The largest absolute Gasteiger partial charge is 0.378 e. The number of nitrogens with one attached hydrogen (secondary N) is 1. The Morgan fingerprint density at radius 3 is 2.95 bits per heavy atom. The highest BCUT2D eigenvalue weighted by Crippen LogP contribution is 2.45. The molecular formula is C15H16N2O2S2. The van der Waals surface area contributed by atoms with Gasteiger partial charge in [-0.3, -0.25) is 10.1 Å². The summed E-state index contributed by atoms with van der Waals surface area (Å²) in [6, 6.07) is 7.37. The first-order valence-corrected chi connectivity index (χ1v) is 8.56. The third-order valence-corrected chi connectivity index (χ3v) is 6.02. The van der Waals surface area contributed by atoms with E-state index in [0.29, 0.717) is 5.25 Å². The van der Waals surface area contributed by atoms with Gasteiger partial charge in [-0.15, -0.1) is 23.1 Å². The molecule has 4 nitrogen and oxygen atoms in total. The van der Waals surface area contributed by atoms with Gasteiger partial charge in [0.25, 0.3) is 5.69 Å². The molecule has 1 N–H and O–H groups in total. The van der Waals surface area contributed by atoms with E-state index < -0.39 is 0 Å². The summed E-state index contributed by atoms with van der Waals surface area (Å²) < 4.78 is 1.36. The first-order chi connectivity index (χ1) is 10.0. The fourth-order valence-electron chi connectivity index (χ4n) is 2.55. The quantitative estimate of drug-likeness (QED) is 0.638. The number of anilines is 1. The summed E-state index contributed by atoms with van der Waals surface area (Å²) in [5.74, 6) is 0. The van der Waals surface area contributed by atoms with Crippen molar-refractivity contribution < 1.29 is 4.92 Å². The van der Waals surface area contributed by atoms with Crippen molar-refractivity contribution in [2.45, 2.75) is 35.8 Å². The molecule has 1 aliphatic heterocycles. The number of hydrogen-bond acceptors (Lipinski definition) is 5. The van der Waals surface area contributed by atoms with Crippen LogP contribution in [0.25, 0.3) is 0 Å². The number of aryl methyl sites for hydroxylation is 1. The molecule has 110 valence electrons. The zero-order valence-electron chi connectivity index (χ0n) is 11.8. The molecule has 2 aromatic rings. The molecule has 2 atom stereocenters. The fourth-order valence-corrected chi connectivity index (χ4v) is 5.12. The van der Waals surface area contributed by atoms with Gasteiger partial charge in [-0.2, -0.15) is 0 Å². The average Bonchev–Trinajstić information content (AvgIpc) is 2.89. The van der Waals surface area contributed by atoms with Crippen molar-refractivity contribution in [3.63, 3.8) is 0 Å². The Balaban J connectivity index is 1.91. The zero-order valence-corrected chi connectivity index (χ0v) is 13.5. The summed E-state index contributed by atoms with van der Waals surface area (Å²) in [7, 11) is 0. The van der Waals surface area contributed by atoms with Crippen molar-refractivity contribution in [1.82, 2.24) is 0 Å². The second-order valence-corrected chi connectivity index (χ2v) is 7.90. The normalized spacial score (nSPS) is 20.9. The molecule has 1 aromatic heterocycles. The molecular weight excluding hydrogens is 304 g/mol. The number of benzene rings is 1. The molecule has 6 heteroatoms. The van der Waals surface area contributed by atoms with Crippen molar-refractivity contribution in [3.05, 3.63) is 50.9 Å². The minimum Gasteiger partial charge on any atom is -0.378 e. The van der Waals surface area contributed by atoms with Crippen LogP contribution in [0.3, 0.4) is 0 Å². The Morgan fingerprint density at radius 2 is 2.19 bits per heavy atom. The monoisotopic (exact) mass is 320 g/mol. The number of nitrogens with zero attached hydrogens (tertiary/aromatic N) is 1. The first kappa shape index (κ1) is 14.4. The van der Waals surface area contributed by atoms with E-state index in [-0.39, 0.29) is 16.7 Å². The fraction of sp³-hybridized carbons (Fsp3) is 0.333. The number of nitro groups is 1. The summed E-state index contributed by atoms with van der Waals surface area (Å²) in [5.41, 5.74) is 3.33. The summed E-state index contributed by atoms with van der Waals surface area (Å²) >= 11 is 3.69. The molecule has 1 unspecified atom stereocenters. The Hall–Kier alpha value is -1.53. The maximum atomic E-state index is 10.9. The first-order valence-electron chi connectivity index (χ1n) is 6.80. The number of fused-ring (bicyclic) bond motifs is 1. The van der Waals surface area contributed by atoms with Gasteiger partial charge in [-0.05, 0) is 35.9 Å². The number of non-ortho nitro benzene ring substituents is 1. The van der Waals surface area contributed by atoms with Gasteiger partial charge < -0.3 is 5.32 Å². The molecule has 0 spiro atoms. The van der Waals surface area contributed by atoms with Gasteiger partial charge in [-0.1, -0.05) is 13.0 Å². The van der Waals surface area contributed by atoms with Crippen LogP contribution in [-0.2, 0) is 0 Å². The predicted molar refractivity (Wildman–Crippen MR) is 88.5 cm³/mol. The number of hydrogen-bond donors (Lipinski definition) is 1. The molecule has 0 bridgehead atoms. The van der Waals surface area contributed by atoms with Crippen LogP contribution in [0.2, 0.25) is 0 Å². The van der Waals surface area contributed by atoms with E-state index in [1.165, 1.54) is 9.77 Å². The Kier molecular flexibility index (Phi) is 3.91. The summed E-state index contributed by atoms with van der Waals surface area (Å²) in [6.45, 7) is 4.20. The molecule has 1 aromatic carbocycles. The van der Waals surface area contributed by atoms with Crippen LogP contribution in [0.15, 0.2) is 33.9 Å². The highest BCUT2D eigenvalue weighted by Gasteiger charge is 2.26. The lowest BCUT2D eigenvalue weighted by molar-refractivity contribution is -0.384. The molecule has 21 heavy (non-hydrogen) atoms. The molecule has 0 amide bonds. The number of nitro benzene ring substituents is 1. The predicted octanol–water partition coefficient (Wildman–Crippen LogP) is 5.00. The van der Waals surface area contributed by atoms with Crippen molar-refractivity contribution in [1.29, 1.82) is 0 Å². The highest BCUT2D eigenvalue weighted by molar-refractivity contribution is 8.01. The summed E-state index contributed by atoms with van der Waals surface area (Å²) in [5, 5.41) is 17.1. The van der Waals surface area contributed by atoms with E-state index in [0.717, 1.165) is 17.7 Å². The van der Waals surface area contributed by atoms with E-state index in [4.69, 9.17) is 0 Å². The second kappa shape index (κ2) is 5.69. The third-order valence-electron chi connectivity index (χ3n) is 3.67. The van der Waals surface area contributed by atoms with Crippen LogP contribution in [0.1, 0.15) is 30.5 Å². The van der Waals surface area contributed by atoms with Gasteiger partial charge in [0.05, 0.1) is 15.2 Å². The van der Waals surface area contributed by atoms with Gasteiger partial charge in [0.1, 0.15) is 0 Å². The van der Waals surface area contributed by atoms with Crippen molar-refractivity contribution in [2.24, 2.45) is 0 Å². The molecule has 0 radical (unpaired) electrons. The van der Waals surface area contributed by atoms with Crippen LogP contribution >= 0.6 is 23.1 Å². The maximum absolute atomic E-state index is 10.9. The second-order valence-electron chi connectivity index (χ2n) is 5.28. The summed E-state index contributed by atoms with van der Waals surface area (Å²) in [6.07, 6.45) is 1.02. The average molecular weight is 320 g/mol. The SMILES string of the molecule is Cc1ccc([N+](=O)[O-])cc1NC1C[C@H](C)Sc2sccc21. The van der Waals surface area contributed by atoms with E-state index in [1.54, 1.807) is 29.5 Å². The van der Waals surface area contributed by atoms with E-state index in [2.05, 4.69) is 23.7 Å². The Labute approximate surface area is 131 Å². The maximum Gasteiger partial charge on any atom is 0.271 e. The van der Waals surface area contributed by atoms with Crippen LogP contribution in [0, 0.1) is 17.0 Å². The lowest BCUT2D eigenvalue weighted by atomic mass is 10.0. The van der Waals surface area contributed by atoms with E-state index in [1.807, 2.05) is 18.7 Å². The topological polar surface area (TPSA) is 55.2 Å². The van der Waals surface area contributed by atoms with Crippen molar-refractivity contribution in [3.8, 4) is 0 Å². The molecule has 0 saturated carbocycles. The molecule has 3 rings (SSSR count). The van der Waals surface area contributed by atoms with Gasteiger partial charge in [0, 0.05) is 23.1 Å². The smallest absolute Gasteiger partial charge is 0.271 e. The molecule has 0 fully saturated rings. The van der Waals surface area contributed by atoms with Gasteiger partial charge in [-0.25, -0.2) is 0 Å². The standard InChI is InChI=1S/C15H16N2O2S2/c1-9-3-4-11(17(18)19)8-13(9)16-14-7-10(2)21-15-12(14)5-6-20-15/h3-6,8,10,14,16H,7H2,1-2H3/t10-,14?/m0/s1. The lowest BCUT2D eigenvalue weighted by Gasteiger charge is -2.28. The number of rotatable bonds is 3. The van der Waals surface area contributed by atoms with Crippen molar-refractivity contribution >= 4 is 34.5 Å². The third kappa shape index (κ3) is 2.91. The van der Waals surface area contributed by atoms with Crippen molar-refractivity contribution in [2.75, 3.05) is 5.32 Å². The van der Waals surface area contributed by atoms with Crippen LogP contribution < -0.4 is 5.32 Å². The highest BCUT2D eigenvalue weighted by atomic mass is 32.2. The number of thioether (sulfide) groups is 1. The van der Waals surface area contributed by atoms with Crippen LogP contribution in [0.4, 0.5) is 11.4 Å². The molecule has 1 aliphatic rings. The van der Waals surface area contributed by atoms with Gasteiger partial charge in [0.15, 0.2) is 0 Å². The lowest BCUT2D eigenvalue weighted by Crippen LogP contribution is -2.19. The van der Waals surface area contributed by atoms with E-state index >= 15 is 0 Å². The van der Waals surface area contributed by atoms with Crippen LogP contribution in [0.5, 0.6) is 0 Å².